The van der Waals surface area contributed by atoms with Gasteiger partial charge in [0.15, 0.2) is 0 Å². The molecule has 1 amide bonds. The van der Waals surface area contributed by atoms with Crippen LogP contribution >= 0.6 is 12.4 Å². The van der Waals surface area contributed by atoms with Gasteiger partial charge in [0.05, 0.1) is 5.54 Å². The van der Waals surface area contributed by atoms with E-state index in [-0.39, 0.29) is 24.1 Å². The minimum absolute atomic E-state index is 0. The molecule has 2 N–H and O–H groups in total. The topological polar surface area (TPSA) is 50.4 Å². The fourth-order valence-corrected chi connectivity index (χ4v) is 3.62. The Kier molecular flexibility index (Phi) is 7.02. The van der Waals surface area contributed by atoms with Crippen LogP contribution in [0.25, 0.3) is 0 Å². The molecule has 134 valence electrons. The van der Waals surface area contributed by atoms with Gasteiger partial charge in [-0.3, -0.25) is 4.79 Å². The van der Waals surface area contributed by atoms with E-state index in [1.807, 2.05) is 6.07 Å². The summed E-state index contributed by atoms with van der Waals surface area (Å²) >= 11 is 0. The summed E-state index contributed by atoms with van der Waals surface area (Å²) in [5.74, 6) is 0.392. The highest BCUT2D eigenvalue weighted by atomic mass is 35.5. The molecule has 2 heterocycles. The zero-order chi connectivity index (χ0) is 16.1. The third kappa shape index (κ3) is 4.68. The third-order valence-electron chi connectivity index (χ3n) is 5.04. The van der Waals surface area contributed by atoms with Gasteiger partial charge in [-0.15, -0.1) is 12.4 Å². The number of hydrogen-bond donors (Lipinski definition) is 2. The van der Waals surface area contributed by atoms with Gasteiger partial charge in [-0.05, 0) is 62.4 Å². The molecule has 0 radical (unpaired) electrons. The average molecular weight is 357 g/mol. The van der Waals surface area contributed by atoms with Crippen molar-refractivity contribution in [3.05, 3.63) is 35.6 Å². The molecule has 0 aromatic heterocycles. The second-order valence-electron chi connectivity index (χ2n) is 6.65. The Morgan fingerprint density at radius 3 is 2.83 bits per heavy atom. The predicted molar refractivity (Wildman–Crippen MR) is 93.7 cm³/mol. The lowest BCUT2D eigenvalue weighted by molar-refractivity contribution is -0.124. The summed E-state index contributed by atoms with van der Waals surface area (Å²) in [6.07, 6.45) is 3.97. The monoisotopic (exact) mass is 356 g/mol. The Morgan fingerprint density at radius 2 is 2.17 bits per heavy atom. The van der Waals surface area contributed by atoms with Crippen molar-refractivity contribution in [2.24, 2.45) is 5.92 Å². The van der Waals surface area contributed by atoms with E-state index < -0.39 is 5.54 Å². The van der Waals surface area contributed by atoms with Gasteiger partial charge in [-0.2, -0.15) is 0 Å². The van der Waals surface area contributed by atoms with Gasteiger partial charge < -0.3 is 15.4 Å². The largest absolute Gasteiger partial charge is 0.381 e. The molecule has 2 fully saturated rings. The highest BCUT2D eigenvalue weighted by Gasteiger charge is 2.36. The number of carbonyl (C=O) groups excluding carboxylic acids is 1. The molecular weight excluding hydrogens is 331 g/mol. The molecule has 4 nitrogen and oxygen atoms in total. The maximum atomic E-state index is 13.6. The zero-order valence-electron chi connectivity index (χ0n) is 13.9. The summed E-state index contributed by atoms with van der Waals surface area (Å²) < 4.78 is 19.1. The van der Waals surface area contributed by atoms with Crippen LogP contribution in [0.4, 0.5) is 4.39 Å². The summed E-state index contributed by atoms with van der Waals surface area (Å²) in [4.78, 5) is 12.5. The van der Waals surface area contributed by atoms with Crippen molar-refractivity contribution < 1.29 is 13.9 Å². The molecule has 1 atom stereocenters. The Bertz CT molecular complexity index is 544. The maximum Gasteiger partial charge on any atom is 0.220 e. The first-order valence-electron chi connectivity index (χ1n) is 8.53. The van der Waals surface area contributed by atoms with Gasteiger partial charge >= 0.3 is 0 Å². The molecule has 0 aliphatic carbocycles. The normalized spacial score (nSPS) is 22.6. The Morgan fingerprint density at radius 1 is 1.38 bits per heavy atom. The van der Waals surface area contributed by atoms with Gasteiger partial charge in [0.2, 0.25) is 5.91 Å². The molecule has 2 saturated heterocycles. The lowest BCUT2D eigenvalue weighted by Gasteiger charge is -2.38. The Hall–Kier alpha value is -1.17. The van der Waals surface area contributed by atoms with E-state index in [9.17, 15) is 9.18 Å². The summed E-state index contributed by atoms with van der Waals surface area (Å²) in [6.45, 7) is 3.24. The molecule has 6 heteroatoms. The van der Waals surface area contributed by atoms with Crippen LogP contribution in [0.2, 0.25) is 0 Å². The summed E-state index contributed by atoms with van der Waals surface area (Å²) in [6, 6.07) is 6.58. The van der Waals surface area contributed by atoms with Crippen LogP contribution in [0.5, 0.6) is 0 Å². The molecule has 0 bridgehead atoms. The van der Waals surface area contributed by atoms with E-state index in [4.69, 9.17) is 4.74 Å². The fourth-order valence-electron chi connectivity index (χ4n) is 3.62. The van der Waals surface area contributed by atoms with Crippen LogP contribution in [0.15, 0.2) is 24.3 Å². The lowest BCUT2D eigenvalue weighted by atomic mass is 9.82. The highest BCUT2D eigenvalue weighted by molar-refractivity contribution is 5.85. The molecule has 1 aromatic rings. The number of ether oxygens (including phenoxy) is 1. The molecule has 2 aliphatic heterocycles. The fraction of sp³-hybridized carbons (Fsp3) is 0.611. The SMILES string of the molecule is Cl.O=C(CCC1CCNC1)NC1(c2cccc(F)c2)CCOCC1. The van der Waals surface area contributed by atoms with E-state index >= 15 is 0 Å². The van der Waals surface area contributed by atoms with E-state index in [0.717, 1.165) is 31.5 Å². The van der Waals surface area contributed by atoms with Crippen LogP contribution in [-0.2, 0) is 15.1 Å². The van der Waals surface area contributed by atoms with Crippen molar-refractivity contribution in [1.82, 2.24) is 10.6 Å². The van der Waals surface area contributed by atoms with Crippen LogP contribution in [0.1, 0.15) is 37.7 Å². The molecule has 1 unspecified atom stereocenters. The minimum atomic E-state index is -0.495. The van der Waals surface area contributed by atoms with Crippen molar-refractivity contribution in [2.75, 3.05) is 26.3 Å². The van der Waals surface area contributed by atoms with E-state index in [1.54, 1.807) is 6.07 Å². The Balaban J connectivity index is 0.00000208. The molecule has 2 aliphatic rings. The van der Waals surface area contributed by atoms with E-state index in [2.05, 4.69) is 10.6 Å². The average Bonchev–Trinajstić information content (AvgIpc) is 3.07. The van der Waals surface area contributed by atoms with Crippen molar-refractivity contribution in [2.45, 2.75) is 37.6 Å². The van der Waals surface area contributed by atoms with Crippen LogP contribution < -0.4 is 10.6 Å². The molecule has 3 rings (SSSR count). The number of rotatable bonds is 5. The van der Waals surface area contributed by atoms with Gasteiger partial charge in [0.25, 0.3) is 0 Å². The van der Waals surface area contributed by atoms with Crippen molar-refractivity contribution in [1.29, 1.82) is 0 Å². The third-order valence-corrected chi connectivity index (χ3v) is 5.04. The van der Waals surface area contributed by atoms with Crippen molar-refractivity contribution in [3.63, 3.8) is 0 Å². The smallest absolute Gasteiger partial charge is 0.220 e. The van der Waals surface area contributed by atoms with Gasteiger partial charge in [0.1, 0.15) is 5.82 Å². The Labute approximate surface area is 148 Å². The van der Waals surface area contributed by atoms with Crippen LogP contribution in [-0.4, -0.2) is 32.2 Å². The number of carbonyl (C=O) groups is 1. The maximum absolute atomic E-state index is 13.6. The second kappa shape index (κ2) is 8.79. The zero-order valence-corrected chi connectivity index (χ0v) is 14.7. The minimum Gasteiger partial charge on any atom is -0.381 e. The van der Waals surface area contributed by atoms with Crippen LogP contribution in [0, 0.1) is 11.7 Å². The van der Waals surface area contributed by atoms with E-state index in [0.29, 0.717) is 38.4 Å². The number of nitrogens with one attached hydrogen (secondary N) is 2. The summed E-state index contributed by atoms with van der Waals surface area (Å²) in [5, 5.41) is 6.52. The van der Waals surface area contributed by atoms with Gasteiger partial charge in [-0.1, -0.05) is 12.1 Å². The molecule has 0 saturated carbocycles. The summed E-state index contributed by atoms with van der Waals surface area (Å²) in [5.41, 5.74) is 0.349. The summed E-state index contributed by atoms with van der Waals surface area (Å²) in [7, 11) is 0. The number of hydrogen-bond acceptors (Lipinski definition) is 3. The number of amides is 1. The van der Waals surface area contributed by atoms with Crippen molar-refractivity contribution >= 4 is 18.3 Å². The van der Waals surface area contributed by atoms with Crippen LogP contribution in [0.3, 0.4) is 0 Å². The quantitative estimate of drug-likeness (QED) is 0.853. The first-order valence-corrected chi connectivity index (χ1v) is 8.53. The standard InChI is InChI=1S/C18H25FN2O2.ClH/c19-16-3-1-2-15(12-16)18(7-10-23-11-8-18)21-17(22)5-4-14-6-9-20-13-14;/h1-3,12,14,20H,4-11,13H2,(H,21,22);1H. The van der Waals surface area contributed by atoms with E-state index in [1.165, 1.54) is 12.1 Å². The molecular formula is C18H26ClFN2O2. The second-order valence-corrected chi connectivity index (χ2v) is 6.65. The first-order chi connectivity index (χ1) is 11.2. The molecule has 0 spiro atoms. The van der Waals surface area contributed by atoms with Crippen molar-refractivity contribution in [3.8, 4) is 0 Å². The predicted octanol–water partition coefficient (Wildman–Crippen LogP) is 2.76. The van der Waals surface area contributed by atoms with Gasteiger partial charge in [-0.25, -0.2) is 4.39 Å². The lowest BCUT2D eigenvalue weighted by Crippen LogP contribution is -2.49. The molecule has 24 heavy (non-hydrogen) atoms. The van der Waals surface area contributed by atoms with Gasteiger partial charge in [0, 0.05) is 19.6 Å². The number of benzene rings is 1. The number of halogens is 2. The highest BCUT2D eigenvalue weighted by Crippen LogP contribution is 2.32. The molecule has 1 aromatic carbocycles. The first kappa shape index (κ1) is 19.2.